The zero-order valence-electron chi connectivity index (χ0n) is 13.5. The van der Waals surface area contributed by atoms with Gasteiger partial charge in [0.1, 0.15) is 0 Å². The molecule has 1 aromatic rings. The summed E-state index contributed by atoms with van der Waals surface area (Å²) in [6.07, 6.45) is -3.55. The molecule has 1 saturated carbocycles. The highest BCUT2D eigenvalue weighted by Crippen LogP contribution is 2.49. The molecular weight excluding hydrogens is 321 g/mol. The molecule has 3 atom stereocenters. The van der Waals surface area contributed by atoms with E-state index in [1.54, 1.807) is 19.1 Å². The molecule has 1 aliphatic heterocycles. The van der Waals surface area contributed by atoms with Crippen LogP contribution in [-0.4, -0.2) is 33.6 Å². The van der Waals surface area contributed by atoms with Crippen LogP contribution in [0.4, 0.5) is 13.2 Å². The number of aryl methyl sites for hydroxylation is 1. The summed E-state index contributed by atoms with van der Waals surface area (Å²) in [5, 5.41) is 14.7. The van der Waals surface area contributed by atoms with Crippen LogP contribution in [0.3, 0.4) is 0 Å². The van der Waals surface area contributed by atoms with Gasteiger partial charge < -0.3 is 5.11 Å². The monoisotopic (exact) mass is 340 g/mol. The van der Waals surface area contributed by atoms with Gasteiger partial charge in [0, 0.05) is 11.3 Å². The molecule has 1 heterocycles. The van der Waals surface area contributed by atoms with Gasteiger partial charge in [0.2, 0.25) is 0 Å². The van der Waals surface area contributed by atoms with Crippen molar-refractivity contribution >= 4 is 11.6 Å². The normalized spacial score (nSPS) is 30.1. The summed E-state index contributed by atoms with van der Waals surface area (Å²) in [6, 6.07) is 6.16. The molecule has 2 aliphatic rings. The highest BCUT2D eigenvalue weighted by atomic mass is 19.4. The number of hydrazone groups is 1. The number of nitrogens with zero attached hydrogens (tertiary/aromatic N) is 2. The van der Waals surface area contributed by atoms with Crippen LogP contribution in [0, 0.1) is 18.8 Å². The van der Waals surface area contributed by atoms with Gasteiger partial charge in [0.25, 0.3) is 11.6 Å². The lowest BCUT2D eigenvalue weighted by Gasteiger charge is -2.39. The Bertz CT molecular complexity index is 684. The van der Waals surface area contributed by atoms with Crippen LogP contribution in [0.25, 0.3) is 0 Å². The Balaban J connectivity index is 2.06. The Labute approximate surface area is 138 Å². The molecule has 0 saturated heterocycles. The van der Waals surface area contributed by atoms with Gasteiger partial charge in [0.15, 0.2) is 0 Å². The second-order valence-electron chi connectivity index (χ2n) is 6.62. The van der Waals surface area contributed by atoms with Gasteiger partial charge in [-0.25, -0.2) is 0 Å². The number of hydrogen-bond donors (Lipinski definition) is 1. The summed E-state index contributed by atoms with van der Waals surface area (Å²) in [5.74, 6) is -2.33. The smallest absolute Gasteiger partial charge is 0.362 e. The van der Waals surface area contributed by atoms with Gasteiger partial charge in [0.05, 0.1) is 5.92 Å². The average Bonchev–Trinajstić information content (AvgIpc) is 2.83. The van der Waals surface area contributed by atoms with Gasteiger partial charge in [-0.15, -0.1) is 0 Å². The minimum atomic E-state index is -4.99. The molecule has 0 aromatic heterocycles. The molecule has 1 fully saturated rings. The fourth-order valence-corrected chi connectivity index (χ4v) is 3.52. The Morgan fingerprint density at radius 1 is 1.29 bits per heavy atom. The first-order valence-electron chi connectivity index (χ1n) is 7.95. The largest absolute Gasteiger partial charge is 0.439 e. The summed E-state index contributed by atoms with van der Waals surface area (Å²) in [4.78, 5) is 12.6. The van der Waals surface area contributed by atoms with Gasteiger partial charge in [-0.3, -0.25) is 4.79 Å². The minimum Gasteiger partial charge on any atom is -0.362 e. The van der Waals surface area contributed by atoms with E-state index >= 15 is 0 Å². The molecule has 1 N–H and O–H groups in total. The lowest BCUT2D eigenvalue weighted by Crippen LogP contribution is -2.61. The van der Waals surface area contributed by atoms with Gasteiger partial charge in [-0.1, -0.05) is 31.0 Å². The van der Waals surface area contributed by atoms with Crippen LogP contribution in [0.15, 0.2) is 29.4 Å². The number of benzene rings is 1. The number of alkyl halides is 3. The lowest BCUT2D eigenvalue weighted by atomic mass is 9.75. The first-order chi connectivity index (χ1) is 11.2. The van der Waals surface area contributed by atoms with Crippen molar-refractivity contribution in [3.63, 3.8) is 0 Å². The molecule has 0 unspecified atom stereocenters. The zero-order chi connectivity index (χ0) is 17.7. The van der Waals surface area contributed by atoms with E-state index in [-0.39, 0.29) is 28.6 Å². The fourth-order valence-electron chi connectivity index (χ4n) is 3.52. The zero-order valence-corrected chi connectivity index (χ0v) is 13.5. The maximum absolute atomic E-state index is 13.7. The minimum absolute atomic E-state index is 0.0684. The number of carbonyl (C=O) groups excluding carboxylic acids is 1. The third kappa shape index (κ3) is 2.42. The summed E-state index contributed by atoms with van der Waals surface area (Å²) in [5.41, 5.74) is -2.06. The summed E-state index contributed by atoms with van der Waals surface area (Å²) < 4.78 is 41.1. The molecule has 4 nitrogen and oxygen atoms in total. The van der Waals surface area contributed by atoms with Crippen LogP contribution in [0.2, 0.25) is 0 Å². The van der Waals surface area contributed by atoms with E-state index in [4.69, 9.17) is 0 Å². The van der Waals surface area contributed by atoms with E-state index < -0.39 is 23.7 Å². The van der Waals surface area contributed by atoms with Crippen molar-refractivity contribution in [2.24, 2.45) is 16.9 Å². The van der Waals surface area contributed by atoms with E-state index in [2.05, 4.69) is 5.10 Å². The van der Waals surface area contributed by atoms with E-state index in [1.165, 1.54) is 12.1 Å². The van der Waals surface area contributed by atoms with Gasteiger partial charge >= 0.3 is 6.18 Å². The number of carbonyl (C=O) groups is 1. The van der Waals surface area contributed by atoms with E-state index in [1.807, 2.05) is 6.92 Å². The molecule has 7 heteroatoms. The first-order valence-corrected chi connectivity index (χ1v) is 7.95. The first kappa shape index (κ1) is 17.0. The highest BCUT2D eigenvalue weighted by Gasteiger charge is 2.69. The van der Waals surface area contributed by atoms with Crippen LogP contribution in [0.5, 0.6) is 0 Å². The molecule has 3 rings (SSSR count). The number of hydrogen-bond acceptors (Lipinski definition) is 3. The number of amides is 1. The maximum atomic E-state index is 13.7. The summed E-state index contributed by atoms with van der Waals surface area (Å²) in [7, 11) is 0. The van der Waals surface area contributed by atoms with Crippen LogP contribution >= 0.6 is 0 Å². The highest BCUT2D eigenvalue weighted by molar-refractivity contribution is 6.00. The number of rotatable bonds is 1. The molecule has 1 amide bonds. The molecular formula is C17H19F3N2O2. The Morgan fingerprint density at radius 3 is 2.50 bits per heavy atom. The lowest BCUT2D eigenvalue weighted by molar-refractivity contribution is -0.312. The molecule has 130 valence electrons. The topological polar surface area (TPSA) is 52.9 Å². The Hall–Kier alpha value is -1.89. The van der Waals surface area contributed by atoms with Gasteiger partial charge in [-0.05, 0) is 37.8 Å². The maximum Gasteiger partial charge on any atom is 0.439 e. The van der Waals surface area contributed by atoms with Crippen molar-refractivity contribution in [3.05, 3.63) is 35.4 Å². The molecule has 0 spiro atoms. The standard InChI is InChI=1S/C17H19F3N2O2/c1-10-6-8-12(9-7-10)15(23)22-16(24,17(18,19)20)13-5-3-4-11(2)14(13)21-22/h6-9,11,13,24H,3-5H2,1-2H3/t11-,13-,16-/m1/s1. The average molecular weight is 340 g/mol. The molecule has 1 aliphatic carbocycles. The van der Waals surface area contributed by atoms with Crippen molar-refractivity contribution in [3.8, 4) is 0 Å². The predicted molar refractivity (Wildman–Crippen MR) is 82.3 cm³/mol. The quantitative estimate of drug-likeness (QED) is 0.851. The van der Waals surface area contributed by atoms with E-state index in [0.717, 1.165) is 5.56 Å². The van der Waals surface area contributed by atoms with E-state index in [0.29, 0.717) is 12.8 Å². The summed E-state index contributed by atoms with van der Waals surface area (Å²) in [6.45, 7) is 3.59. The second-order valence-corrected chi connectivity index (χ2v) is 6.62. The Kier molecular flexibility index (Phi) is 3.94. The van der Waals surface area contributed by atoms with Crippen molar-refractivity contribution in [1.29, 1.82) is 0 Å². The van der Waals surface area contributed by atoms with Crippen LogP contribution in [-0.2, 0) is 0 Å². The van der Waals surface area contributed by atoms with Crippen LogP contribution in [0.1, 0.15) is 42.1 Å². The van der Waals surface area contributed by atoms with Crippen molar-refractivity contribution < 1.29 is 23.1 Å². The van der Waals surface area contributed by atoms with E-state index in [9.17, 15) is 23.1 Å². The Morgan fingerprint density at radius 2 is 1.92 bits per heavy atom. The SMILES string of the molecule is Cc1ccc(C(=O)N2N=C3[C@H](C)CCC[C@H]3[C@@]2(O)C(F)(F)F)cc1. The molecule has 0 radical (unpaired) electrons. The van der Waals surface area contributed by atoms with Crippen molar-refractivity contribution in [2.45, 2.75) is 45.0 Å². The summed E-state index contributed by atoms with van der Waals surface area (Å²) >= 11 is 0. The van der Waals surface area contributed by atoms with Gasteiger partial charge in [-0.2, -0.15) is 23.3 Å². The molecule has 24 heavy (non-hydrogen) atoms. The molecule has 1 aromatic carbocycles. The number of fused-ring (bicyclic) bond motifs is 1. The number of aliphatic hydroxyl groups is 1. The van der Waals surface area contributed by atoms with Crippen molar-refractivity contribution in [2.75, 3.05) is 0 Å². The molecule has 0 bridgehead atoms. The predicted octanol–water partition coefficient (Wildman–Crippen LogP) is 3.49. The fraction of sp³-hybridized carbons (Fsp3) is 0.529. The second kappa shape index (κ2) is 5.58. The third-order valence-corrected chi connectivity index (χ3v) is 4.92. The number of halogens is 3. The third-order valence-electron chi connectivity index (χ3n) is 4.92. The van der Waals surface area contributed by atoms with Crippen molar-refractivity contribution in [1.82, 2.24) is 5.01 Å². The van der Waals surface area contributed by atoms with Crippen LogP contribution < -0.4 is 0 Å².